The molecule has 0 spiro atoms. The molecule has 160 valence electrons. The second-order valence-corrected chi connectivity index (χ2v) is 14.8. The van der Waals surface area contributed by atoms with Crippen molar-refractivity contribution in [3.05, 3.63) is 35.4 Å². The molecule has 0 N–H and O–H groups in total. The molecule has 0 bridgehead atoms. The van der Waals surface area contributed by atoms with Gasteiger partial charge < -0.3 is 4.90 Å². The molecule has 1 aromatic carbocycles. The van der Waals surface area contributed by atoms with Crippen LogP contribution in [0, 0.1) is 11.5 Å². The zero-order valence-electron chi connectivity index (χ0n) is 20.1. The summed E-state index contributed by atoms with van der Waals surface area (Å²) in [6, 6.07) is 8.32. The highest BCUT2D eigenvalue weighted by atomic mass is 28.3. The maximum atomic E-state index is 12.9. The summed E-state index contributed by atoms with van der Waals surface area (Å²) in [5.41, 5.74) is 8.27. The predicted molar refractivity (Wildman–Crippen MR) is 132 cm³/mol. The SMILES string of the molecule is CCCCC(=O)/C(C#C[Si](C(C)C)(C(C)C)C(C)C)=C/c1ccc(N(C)C)cc1. The fourth-order valence-electron chi connectivity index (χ4n) is 4.30. The van der Waals surface area contributed by atoms with Crippen molar-refractivity contribution in [3.63, 3.8) is 0 Å². The van der Waals surface area contributed by atoms with Crippen molar-refractivity contribution >= 4 is 25.6 Å². The molecule has 0 heterocycles. The molecule has 0 unspecified atom stereocenters. The Kier molecular flexibility index (Phi) is 9.93. The third kappa shape index (κ3) is 6.61. The predicted octanol–water partition coefficient (Wildman–Crippen LogP) is 7.12. The fraction of sp³-hybridized carbons (Fsp3) is 0.577. The number of carbonyl (C=O) groups excluding carboxylic acids is 1. The minimum absolute atomic E-state index is 0.176. The molecule has 0 fully saturated rings. The summed E-state index contributed by atoms with van der Waals surface area (Å²) in [7, 11) is 2.19. The molecule has 0 saturated carbocycles. The molecule has 1 rings (SSSR count). The quantitative estimate of drug-likeness (QED) is 0.245. The van der Waals surface area contributed by atoms with Crippen molar-refractivity contribution in [3.8, 4) is 11.5 Å². The van der Waals surface area contributed by atoms with E-state index >= 15 is 0 Å². The van der Waals surface area contributed by atoms with E-state index in [1.54, 1.807) is 0 Å². The molecule has 29 heavy (non-hydrogen) atoms. The second-order valence-electron chi connectivity index (χ2n) is 9.22. The van der Waals surface area contributed by atoms with Crippen LogP contribution in [0.4, 0.5) is 5.69 Å². The van der Waals surface area contributed by atoms with Gasteiger partial charge in [0.15, 0.2) is 5.78 Å². The number of carbonyl (C=O) groups is 1. The largest absolute Gasteiger partial charge is 0.378 e. The first-order valence-corrected chi connectivity index (χ1v) is 13.3. The van der Waals surface area contributed by atoms with Gasteiger partial charge in [-0.05, 0) is 46.8 Å². The smallest absolute Gasteiger partial charge is 0.171 e. The van der Waals surface area contributed by atoms with Gasteiger partial charge in [-0.2, -0.15) is 0 Å². The zero-order valence-corrected chi connectivity index (χ0v) is 21.1. The van der Waals surface area contributed by atoms with Crippen LogP contribution < -0.4 is 4.90 Å². The first-order valence-electron chi connectivity index (χ1n) is 11.1. The van der Waals surface area contributed by atoms with Crippen LogP contribution >= 0.6 is 0 Å². The maximum Gasteiger partial charge on any atom is 0.171 e. The topological polar surface area (TPSA) is 20.3 Å². The summed E-state index contributed by atoms with van der Waals surface area (Å²) >= 11 is 0. The van der Waals surface area contributed by atoms with Gasteiger partial charge in [-0.25, -0.2) is 0 Å². The van der Waals surface area contributed by atoms with Gasteiger partial charge in [-0.1, -0.05) is 72.9 Å². The lowest BCUT2D eigenvalue weighted by Crippen LogP contribution is -2.43. The molecule has 0 aromatic heterocycles. The number of allylic oxidation sites excluding steroid dienone is 1. The van der Waals surface area contributed by atoms with E-state index < -0.39 is 8.07 Å². The third-order valence-electron chi connectivity index (χ3n) is 6.06. The van der Waals surface area contributed by atoms with Crippen LogP contribution in [0.2, 0.25) is 16.6 Å². The average molecular weight is 412 g/mol. The summed E-state index contributed by atoms with van der Waals surface area (Å²) < 4.78 is 0. The Labute approximate surface area is 180 Å². The molecule has 2 nitrogen and oxygen atoms in total. The number of unbranched alkanes of at least 4 members (excludes halogenated alkanes) is 1. The van der Waals surface area contributed by atoms with Crippen LogP contribution in [0.5, 0.6) is 0 Å². The van der Waals surface area contributed by atoms with Gasteiger partial charge in [0.25, 0.3) is 0 Å². The Balaban J connectivity index is 3.43. The number of benzene rings is 1. The van der Waals surface area contributed by atoms with Crippen molar-refractivity contribution in [2.24, 2.45) is 0 Å². The Bertz CT molecular complexity index is 723. The Hall–Kier alpha value is -1.79. The summed E-state index contributed by atoms with van der Waals surface area (Å²) in [5.74, 6) is 3.59. The monoisotopic (exact) mass is 411 g/mol. The van der Waals surface area contributed by atoms with Crippen LogP contribution in [0.1, 0.15) is 73.3 Å². The minimum Gasteiger partial charge on any atom is -0.378 e. The van der Waals surface area contributed by atoms with Gasteiger partial charge in [-0.15, -0.1) is 5.54 Å². The van der Waals surface area contributed by atoms with E-state index in [-0.39, 0.29) is 5.78 Å². The molecule has 0 saturated heterocycles. The highest BCUT2D eigenvalue weighted by Gasteiger charge is 2.41. The number of rotatable bonds is 9. The zero-order chi connectivity index (χ0) is 22.2. The summed E-state index contributed by atoms with van der Waals surface area (Å²) in [6.07, 6.45) is 4.50. The van der Waals surface area contributed by atoms with Gasteiger partial charge in [0, 0.05) is 26.2 Å². The average Bonchev–Trinajstić information content (AvgIpc) is 2.65. The number of ketones is 1. The van der Waals surface area contributed by atoms with Crippen molar-refractivity contribution in [2.75, 3.05) is 19.0 Å². The second kappa shape index (κ2) is 11.4. The normalized spacial score (nSPS) is 12.3. The van der Waals surface area contributed by atoms with E-state index in [4.69, 9.17) is 0 Å². The van der Waals surface area contributed by atoms with Crippen molar-refractivity contribution in [1.29, 1.82) is 0 Å². The summed E-state index contributed by atoms with van der Waals surface area (Å²) in [6.45, 7) is 16.0. The lowest BCUT2D eigenvalue weighted by molar-refractivity contribution is -0.115. The van der Waals surface area contributed by atoms with Crippen LogP contribution in [0.3, 0.4) is 0 Å². The van der Waals surface area contributed by atoms with Crippen molar-refractivity contribution in [1.82, 2.24) is 0 Å². The number of Topliss-reactive ketones (excluding diaryl/α,β-unsaturated/α-hetero) is 1. The summed E-state index contributed by atoms with van der Waals surface area (Å²) in [4.78, 5) is 15.0. The van der Waals surface area contributed by atoms with E-state index in [0.717, 1.165) is 24.1 Å². The Morgan fingerprint density at radius 2 is 1.52 bits per heavy atom. The lowest BCUT2D eigenvalue weighted by atomic mass is 10.0. The van der Waals surface area contributed by atoms with E-state index in [2.05, 4.69) is 89.1 Å². The van der Waals surface area contributed by atoms with E-state index in [1.165, 1.54) is 0 Å². The highest BCUT2D eigenvalue weighted by Crippen LogP contribution is 2.40. The molecule has 0 amide bonds. The van der Waals surface area contributed by atoms with Gasteiger partial charge in [-0.3, -0.25) is 4.79 Å². The number of nitrogens with zero attached hydrogens (tertiary/aromatic N) is 1. The molecule has 0 radical (unpaired) electrons. The first-order chi connectivity index (χ1) is 13.6. The maximum absolute atomic E-state index is 12.9. The number of anilines is 1. The molecular formula is C26H41NOSi. The molecular weight excluding hydrogens is 370 g/mol. The van der Waals surface area contributed by atoms with Gasteiger partial charge in [0.1, 0.15) is 8.07 Å². The molecule has 0 atom stereocenters. The van der Waals surface area contributed by atoms with Crippen molar-refractivity contribution < 1.29 is 4.79 Å². The molecule has 3 heteroatoms. The Morgan fingerprint density at radius 3 is 1.93 bits per heavy atom. The van der Waals surface area contributed by atoms with Crippen LogP contribution in [0.25, 0.3) is 6.08 Å². The fourth-order valence-corrected chi connectivity index (χ4v) is 9.52. The molecule has 0 aliphatic carbocycles. The number of hydrogen-bond acceptors (Lipinski definition) is 2. The van der Waals surface area contributed by atoms with Gasteiger partial charge >= 0.3 is 0 Å². The minimum atomic E-state index is -1.87. The van der Waals surface area contributed by atoms with Crippen LogP contribution in [0.15, 0.2) is 29.8 Å². The first kappa shape index (κ1) is 25.2. The van der Waals surface area contributed by atoms with Crippen LogP contribution in [-0.4, -0.2) is 28.0 Å². The van der Waals surface area contributed by atoms with Crippen molar-refractivity contribution in [2.45, 2.75) is 84.4 Å². The van der Waals surface area contributed by atoms with E-state index in [9.17, 15) is 4.79 Å². The molecule has 0 aliphatic heterocycles. The third-order valence-corrected chi connectivity index (χ3v) is 12.3. The highest BCUT2D eigenvalue weighted by molar-refractivity contribution is 6.90. The standard InChI is InChI=1S/C26H41NOSi/c1-10-11-12-26(28)24(19-23-13-15-25(16-14-23)27(8)9)17-18-29(20(2)3,21(4)5)22(6)7/h13-16,19-22H,10-12H2,1-9H3/b24-19+. The summed E-state index contributed by atoms with van der Waals surface area (Å²) in [5, 5.41) is 0. The van der Waals surface area contributed by atoms with Gasteiger partial charge in [0.05, 0.1) is 5.57 Å². The number of hydrogen-bond donors (Lipinski definition) is 0. The molecule has 1 aromatic rings. The lowest BCUT2D eigenvalue weighted by Gasteiger charge is -2.38. The van der Waals surface area contributed by atoms with Crippen LogP contribution in [-0.2, 0) is 4.79 Å². The van der Waals surface area contributed by atoms with E-state index in [1.807, 2.05) is 20.2 Å². The van der Waals surface area contributed by atoms with E-state index in [0.29, 0.717) is 28.6 Å². The molecule has 0 aliphatic rings. The Morgan fingerprint density at radius 1 is 1.00 bits per heavy atom. The van der Waals surface area contributed by atoms with Gasteiger partial charge in [0.2, 0.25) is 0 Å².